The predicted octanol–water partition coefficient (Wildman–Crippen LogP) is 0.00390. The van der Waals surface area contributed by atoms with E-state index >= 15 is 0 Å². The van der Waals surface area contributed by atoms with E-state index in [1.807, 2.05) is 0 Å². The molecule has 0 aromatic rings. The van der Waals surface area contributed by atoms with Crippen molar-refractivity contribution in [3.8, 4) is 0 Å². The van der Waals surface area contributed by atoms with Crippen LogP contribution in [0.15, 0.2) is 0 Å². The van der Waals surface area contributed by atoms with Crippen LogP contribution >= 0.6 is 0 Å². The Morgan fingerprint density at radius 1 is 1.43 bits per heavy atom. The van der Waals surface area contributed by atoms with Crippen molar-refractivity contribution in [3.63, 3.8) is 0 Å². The summed E-state index contributed by atoms with van der Waals surface area (Å²) in [5, 5.41) is 10.9. The normalized spacial score (nSPS) is 16.0. The fraction of sp³-hybridized carbons (Fsp3) is 0.778. The molecule has 0 heterocycles. The zero-order valence-electron chi connectivity index (χ0n) is 7.99. The summed E-state index contributed by atoms with van der Waals surface area (Å²) in [6.07, 6.45) is 3.08. The third-order valence-corrected chi connectivity index (χ3v) is 2.25. The fourth-order valence-corrected chi connectivity index (χ4v) is 1.22. The quantitative estimate of drug-likeness (QED) is 0.593. The van der Waals surface area contributed by atoms with Crippen LogP contribution in [0.4, 0.5) is 0 Å². The first-order valence-electron chi connectivity index (χ1n) is 4.77. The lowest BCUT2D eigenvalue weighted by atomic mass is 9.85. The lowest BCUT2D eigenvalue weighted by molar-refractivity contribution is -0.142. The van der Waals surface area contributed by atoms with Gasteiger partial charge in [-0.1, -0.05) is 6.42 Å². The first-order valence-corrected chi connectivity index (χ1v) is 4.77. The molecule has 1 rings (SSSR count). The SMILES string of the molecule is O=C(O)COCCNC(=O)C1CCC1. The number of nitrogens with one attached hydrogen (secondary N) is 1. The van der Waals surface area contributed by atoms with Crippen LogP contribution < -0.4 is 5.32 Å². The van der Waals surface area contributed by atoms with Crippen LogP contribution in [0.5, 0.6) is 0 Å². The van der Waals surface area contributed by atoms with Gasteiger partial charge in [0, 0.05) is 12.5 Å². The molecule has 0 aliphatic heterocycles. The van der Waals surface area contributed by atoms with Crippen LogP contribution in [0.1, 0.15) is 19.3 Å². The van der Waals surface area contributed by atoms with Crippen molar-refractivity contribution in [1.29, 1.82) is 0 Å². The summed E-state index contributed by atoms with van der Waals surface area (Å²) in [7, 11) is 0. The summed E-state index contributed by atoms with van der Waals surface area (Å²) >= 11 is 0. The molecule has 5 nitrogen and oxygen atoms in total. The van der Waals surface area contributed by atoms with Gasteiger partial charge in [-0.2, -0.15) is 0 Å². The van der Waals surface area contributed by atoms with Crippen LogP contribution in [0.2, 0.25) is 0 Å². The first-order chi connectivity index (χ1) is 6.70. The maximum Gasteiger partial charge on any atom is 0.329 e. The highest BCUT2D eigenvalue weighted by molar-refractivity contribution is 5.79. The molecule has 0 radical (unpaired) electrons. The molecule has 0 aromatic carbocycles. The summed E-state index contributed by atoms with van der Waals surface area (Å²) in [6, 6.07) is 0. The van der Waals surface area contributed by atoms with Gasteiger partial charge in [-0.3, -0.25) is 4.79 Å². The Hall–Kier alpha value is -1.10. The van der Waals surface area contributed by atoms with Gasteiger partial charge in [-0.25, -0.2) is 4.79 Å². The molecule has 0 unspecified atom stereocenters. The van der Waals surface area contributed by atoms with Crippen molar-refractivity contribution in [3.05, 3.63) is 0 Å². The van der Waals surface area contributed by atoms with Gasteiger partial charge in [0.25, 0.3) is 0 Å². The summed E-state index contributed by atoms with van der Waals surface area (Å²) in [4.78, 5) is 21.3. The Morgan fingerprint density at radius 2 is 2.14 bits per heavy atom. The van der Waals surface area contributed by atoms with E-state index in [4.69, 9.17) is 9.84 Å². The second-order valence-electron chi connectivity index (χ2n) is 3.37. The van der Waals surface area contributed by atoms with Crippen molar-refractivity contribution >= 4 is 11.9 Å². The van der Waals surface area contributed by atoms with Gasteiger partial charge >= 0.3 is 5.97 Å². The highest BCUT2D eigenvalue weighted by Gasteiger charge is 2.24. The maximum absolute atomic E-state index is 11.2. The lowest BCUT2D eigenvalue weighted by Gasteiger charge is -2.23. The molecule has 0 spiro atoms. The molecule has 1 amide bonds. The standard InChI is InChI=1S/C9H15NO4/c11-8(12)6-14-5-4-10-9(13)7-2-1-3-7/h7H,1-6H2,(H,10,13)(H,11,12). The average Bonchev–Trinajstić information content (AvgIpc) is 1.99. The van der Waals surface area contributed by atoms with Crippen LogP contribution in [-0.2, 0) is 14.3 Å². The molecular weight excluding hydrogens is 186 g/mol. The summed E-state index contributed by atoms with van der Waals surface area (Å²) in [5.41, 5.74) is 0. The number of hydrogen-bond donors (Lipinski definition) is 2. The molecule has 1 aliphatic carbocycles. The predicted molar refractivity (Wildman–Crippen MR) is 48.8 cm³/mol. The summed E-state index contributed by atoms with van der Waals surface area (Å²) in [6.45, 7) is 0.340. The largest absolute Gasteiger partial charge is 0.480 e. The topological polar surface area (TPSA) is 75.6 Å². The van der Waals surface area contributed by atoms with E-state index in [1.54, 1.807) is 0 Å². The third-order valence-electron chi connectivity index (χ3n) is 2.25. The van der Waals surface area contributed by atoms with Gasteiger partial charge in [0.05, 0.1) is 6.61 Å². The van der Waals surface area contributed by atoms with Crippen molar-refractivity contribution in [2.75, 3.05) is 19.8 Å². The van der Waals surface area contributed by atoms with E-state index in [-0.39, 0.29) is 25.0 Å². The van der Waals surface area contributed by atoms with Gasteiger partial charge in [-0.05, 0) is 12.8 Å². The van der Waals surface area contributed by atoms with Crippen molar-refractivity contribution < 1.29 is 19.4 Å². The second-order valence-corrected chi connectivity index (χ2v) is 3.37. The Kier molecular flexibility index (Phi) is 4.39. The first kappa shape index (κ1) is 11.0. The highest BCUT2D eigenvalue weighted by Crippen LogP contribution is 2.25. The van der Waals surface area contributed by atoms with Gasteiger partial charge in [0.1, 0.15) is 6.61 Å². The monoisotopic (exact) mass is 201 g/mol. The minimum atomic E-state index is -0.990. The molecule has 1 fully saturated rings. The second kappa shape index (κ2) is 5.59. The number of carboxylic acids is 1. The van der Waals surface area contributed by atoms with Crippen LogP contribution in [0, 0.1) is 5.92 Å². The molecule has 0 atom stereocenters. The maximum atomic E-state index is 11.2. The van der Waals surface area contributed by atoms with E-state index < -0.39 is 5.97 Å². The average molecular weight is 201 g/mol. The number of carbonyl (C=O) groups is 2. The Morgan fingerprint density at radius 3 is 2.64 bits per heavy atom. The molecule has 1 saturated carbocycles. The van der Waals surface area contributed by atoms with Gasteiger partial charge in [0.15, 0.2) is 0 Å². The van der Waals surface area contributed by atoms with E-state index in [2.05, 4.69) is 5.32 Å². The molecule has 0 aromatic heterocycles. The van der Waals surface area contributed by atoms with E-state index in [1.165, 1.54) is 0 Å². The van der Waals surface area contributed by atoms with Crippen molar-refractivity contribution in [2.45, 2.75) is 19.3 Å². The molecule has 2 N–H and O–H groups in total. The molecule has 5 heteroatoms. The fourth-order valence-electron chi connectivity index (χ4n) is 1.22. The Labute approximate surface area is 82.4 Å². The lowest BCUT2D eigenvalue weighted by Crippen LogP contribution is -2.36. The Balaban J connectivity index is 1.92. The van der Waals surface area contributed by atoms with Gasteiger partial charge < -0.3 is 15.2 Å². The molecule has 14 heavy (non-hydrogen) atoms. The number of ether oxygens (including phenoxy) is 1. The highest BCUT2D eigenvalue weighted by atomic mass is 16.5. The number of carbonyl (C=O) groups excluding carboxylic acids is 1. The van der Waals surface area contributed by atoms with Crippen LogP contribution in [0.25, 0.3) is 0 Å². The number of aliphatic carboxylic acids is 1. The van der Waals surface area contributed by atoms with Gasteiger partial charge in [0.2, 0.25) is 5.91 Å². The smallest absolute Gasteiger partial charge is 0.329 e. The minimum Gasteiger partial charge on any atom is -0.480 e. The molecular formula is C9H15NO4. The van der Waals surface area contributed by atoms with Crippen molar-refractivity contribution in [1.82, 2.24) is 5.32 Å². The number of carboxylic acid groups (broad SMARTS) is 1. The molecule has 0 saturated heterocycles. The zero-order chi connectivity index (χ0) is 10.4. The van der Waals surface area contributed by atoms with Crippen LogP contribution in [-0.4, -0.2) is 36.7 Å². The van der Waals surface area contributed by atoms with E-state index in [0.29, 0.717) is 6.54 Å². The van der Waals surface area contributed by atoms with E-state index in [0.717, 1.165) is 19.3 Å². The van der Waals surface area contributed by atoms with E-state index in [9.17, 15) is 9.59 Å². The minimum absolute atomic E-state index is 0.0650. The molecule has 80 valence electrons. The Bertz CT molecular complexity index is 213. The molecule has 0 bridgehead atoms. The zero-order valence-corrected chi connectivity index (χ0v) is 7.99. The molecule has 1 aliphatic rings. The third kappa shape index (κ3) is 3.74. The van der Waals surface area contributed by atoms with Gasteiger partial charge in [-0.15, -0.1) is 0 Å². The number of rotatable bonds is 6. The summed E-state index contributed by atoms with van der Waals surface area (Å²) < 4.78 is 4.76. The van der Waals surface area contributed by atoms with Crippen LogP contribution in [0.3, 0.4) is 0 Å². The van der Waals surface area contributed by atoms with Crippen molar-refractivity contribution in [2.24, 2.45) is 5.92 Å². The summed E-state index contributed by atoms with van der Waals surface area (Å²) in [5.74, 6) is -0.750. The number of amides is 1. The number of hydrogen-bond acceptors (Lipinski definition) is 3.